The quantitative estimate of drug-likeness (QED) is 0.770. The van der Waals surface area contributed by atoms with Gasteiger partial charge >= 0.3 is 0 Å². The molecule has 15 heavy (non-hydrogen) atoms. The second-order valence-electron chi connectivity index (χ2n) is 2.96. The van der Waals surface area contributed by atoms with Gasteiger partial charge in [0.05, 0.1) is 11.2 Å². The highest BCUT2D eigenvalue weighted by Crippen LogP contribution is 2.15. The van der Waals surface area contributed by atoms with Crippen LogP contribution < -0.4 is 0 Å². The summed E-state index contributed by atoms with van der Waals surface area (Å²) in [5.74, 6) is 0. The molecule has 0 heterocycles. The lowest BCUT2D eigenvalue weighted by Crippen LogP contribution is -2.32. The Kier molecular flexibility index (Phi) is 3.17. The molecule has 0 spiro atoms. The van der Waals surface area contributed by atoms with Crippen molar-refractivity contribution in [3.05, 3.63) is 30.3 Å². The van der Waals surface area contributed by atoms with Crippen molar-refractivity contribution in [2.45, 2.75) is 4.90 Å². The number of hydrogen-bond donors (Lipinski definition) is 0. The first-order chi connectivity index (χ1) is 6.76. The molecular weight excluding hydrogens is 238 g/mol. The van der Waals surface area contributed by atoms with Gasteiger partial charge in [-0.2, -0.15) is 0 Å². The van der Waals surface area contributed by atoms with E-state index in [0.717, 1.165) is 13.3 Å². The second-order valence-corrected chi connectivity index (χ2v) is 7.17. The first kappa shape index (κ1) is 12.2. The van der Waals surface area contributed by atoms with Crippen molar-refractivity contribution in [3.8, 4) is 0 Å². The lowest BCUT2D eigenvalue weighted by atomic mass is 10.4. The van der Waals surface area contributed by atoms with Crippen LogP contribution in [0.2, 0.25) is 0 Å². The zero-order valence-electron chi connectivity index (χ0n) is 8.28. The second kappa shape index (κ2) is 3.92. The molecule has 0 unspecified atom stereocenters. The van der Waals surface area contributed by atoms with Gasteiger partial charge in [-0.1, -0.05) is 21.9 Å². The standard InChI is InChI=1S/C8H11NO4S2/c1-9(14(2,10)11)15(12,13)8-6-4-3-5-7-8/h3-7H,1-2H3. The van der Waals surface area contributed by atoms with Gasteiger partial charge in [-0.25, -0.2) is 16.8 Å². The molecule has 0 bridgehead atoms. The number of sulfonamides is 2. The van der Waals surface area contributed by atoms with Crippen LogP contribution in [-0.2, 0) is 20.0 Å². The SMILES string of the molecule is CN(S(C)(=O)=O)S(=O)(=O)c1ccccc1. The van der Waals surface area contributed by atoms with E-state index in [0.29, 0.717) is 3.71 Å². The van der Waals surface area contributed by atoms with Crippen LogP contribution in [0.1, 0.15) is 0 Å². The summed E-state index contributed by atoms with van der Waals surface area (Å²) in [5.41, 5.74) is 0. The van der Waals surface area contributed by atoms with Gasteiger partial charge in [-0.3, -0.25) is 0 Å². The maximum Gasteiger partial charge on any atom is 0.255 e. The first-order valence-corrected chi connectivity index (χ1v) is 7.29. The van der Waals surface area contributed by atoms with Crippen molar-refractivity contribution in [2.75, 3.05) is 13.3 Å². The van der Waals surface area contributed by atoms with Crippen molar-refractivity contribution in [3.63, 3.8) is 0 Å². The Morgan fingerprint density at radius 1 is 1.00 bits per heavy atom. The van der Waals surface area contributed by atoms with Crippen LogP contribution in [0.15, 0.2) is 35.2 Å². The molecule has 1 rings (SSSR count). The summed E-state index contributed by atoms with van der Waals surface area (Å²) in [6.07, 6.45) is 0.841. The lowest BCUT2D eigenvalue weighted by Gasteiger charge is -2.14. The fourth-order valence-corrected chi connectivity index (χ4v) is 3.40. The van der Waals surface area contributed by atoms with E-state index < -0.39 is 20.0 Å². The average molecular weight is 249 g/mol. The summed E-state index contributed by atoms with van der Waals surface area (Å²) in [6, 6.07) is 7.40. The summed E-state index contributed by atoms with van der Waals surface area (Å²) >= 11 is 0. The fraction of sp³-hybridized carbons (Fsp3) is 0.250. The normalized spacial score (nSPS) is 13.0. The van der Waals surface area contributed by atoms with Gasteiger partial charge in [0.1, 0.15) is 0 Å². The molecule has 0 aromatic heterocycles. The summed E-state index contributed by atoms with van der Waals surface area (Å²) in [4.78, 5) is -0.0436. The zero-order chi connectivity index (χ0) is 11.7. The maximum atomic E-state index is 11.7. The summed E-state index contributed by atoms with van der Waals surface area (Å²) in [7, 11) is -6.70. The van der Waals surface area contributed by atoms with Crippen LogP contribution in [0.4, 0.5) is 0 Å². The lowest BCUT2D eigenvalue weighted by molar-refractivity contribution is 0.530. The van der Waals surface area contributed by atoms with Gasteiger partial charge in [-0.15, -0.1) is 0 Å². The molecule has 0 aliphatic rings. The van der Waals surface area contributed by atoms with E-state index in [1.165, 1.54) is 24.3 Å². The number of benzene rings is 1. The van der Waals surface area contributed by atoms with Crippen LogP contribution >= 0.6 is 0 Å². The van der Waals surface area contributed by atoms with E-state index in [1.54, 1.807) is 6.07 Å². The molecule has 0 aliphatic carbocycles. The van der Waals surface area contributed by atoms with E-state index >= 15 is 0 Å². The number of hydrogen-bond acceptors (Lipinski definition) is 4. The van der Waals surface area contributed by atoms with Crippen molar-refractivity contribution in [1.82, 2.24) is 3.71 Å². The molecule has 0 N–H and O–H groups in total. The molecule has 84 valence electrons. The van der Waals surface area contributed by atoms with E-state index in [-0.39, 0.29) is 4.90 Å². The molecule has 0 aliphatic heterocycles. The van der Waals surface area contributed by atoms with Crippen molar-refractivity contribution in [2.24, 2.45) is 0 Å². The molecular formula is C8H11NO4S2. The molecule has 0 saturated heterocycles. The molecule has 0 atom stereocenters. The van der Waals surface area contributed by atoms with Crippen LogP contribution in [0, 0.1) is 0 Å². The van der Waals surface area contributed by atoms with Crippen molar-refractivity contribution < 1.29 is 16.8 Å². The third-order valence-electron chi connectivity index (χ3n) is 1.85. The van der Waals surface area contributed by atoms with Crippen LogP contribution in [-0.4, -0.2) is 33.8 Å². The molecule has 0 fully saturated rings. The van der Waals surface area contributed by atoms with Gasteiger partial charge in [0.25, 0.3) is 10.0 Å². The van der Waals surface area contributed by atoms with Gasteiger partial charge in [0, 0.05) is 7.05 Å². The fourth-order valence-electron chi connectivity index (χ4n) is 0.919. The topological polar surface area (TPSA) is 71.5 Å². The highest BCUT2D eigenvalue weighted by Gasteiger charge is 2.27. The van der Waals surface area contributed by atoms with Crippen molar-refractivity contribution >= 4 is 20.0 Å². The predicted octanol–water partition coefficient (Wildman–Crippen LogP) is 0.267. The summed E-state index contributed by atoms with van der Waals surface area (Å²) < 4.78 is 46.0. The molecule has 1 aromatic carbocycles. The molecule has 1 aromatic rings. The first-order valence-electron chi connectivity index (χ1n) is 4.00. The monoisotopic (exact) mass is 249 g/mol. The minimum atomic E-state index is -3.95. The Hall–Kier alpha value is -0.920. The largest absolute Gasteiger partial charge is 0.255 e. The highest BCUT2D eigenvalue weighted by atomic mass is 32.3. The molecule has 0 saturated carbocycles. The van der Waals surface area contributed by atoms with Gasteiger partial charge in [0.15, 0.2) is 0 Å². The highest BCUT2D eigenvalue weighted by molar-refractivity contribution is 8.03. The van der Waals surface area contributed by atoms with Gasteiger partial charge in [-0.05, 0) is 12.1 Å². The minimum Gasteiger partial charge on any atom is -0.212 e. The van der Waals surface area contributed by atoms with Crippen molar-refractivity contribution in [1.29, 1.82) is 0 Å². The summed E-state index contributed by atoms with van der Waals surface area (Å²) in [5, 5.41) is 0. The third-order valence-corrected chi connectivity index (χ3v) is 5.73. The summed E-state index contributed by atoms with van der Waals surface area (Å²) in [6.45, 7) is 0. The Morgan fingerprint density at radius 3 is 1.87 bits per heavy atom. The Balaban J connectivity index is 3.28. The average Bonchev–Trinajstić information content (AvgIpc) is 2.16. The zero-order valence-corrected chi connectivity index (χ0v) is 9.92. The Morgan fingerprint density at radius 2 is 1.47 bits per heavy atom. The molecule has 7 heteroatoms. The van der Waals surface area contributed by atoms with E-state index in [9.17, 15) is 16.8 Å². The van der Waals surface area contributed by atoms with E-state index in [4.69, 9.17) is 0 Å². The van der Waals surface area contributed by atoms with E-state index in [2.05, 4.69) is 0 Å². The number of nitrogens with zero attached hydrogens (tertiary/aromatic N) is 1. The third kappa shape index (κ3) is 2.55. The minimum absolute atomic E-state index is 0.0436. The molecule has 0 amide bonds. The number of rotatable bonds is 3. The van der Waals surface area contributed by atoms with Crippen LogP contribution in [0.5, 0.6) is 0 Å². The van der Waals surface area contributed by atoms with E-state index in [1.807, 2.05) is 0 Å². The predicted molar refractivity (Wildman–Crippen MR) is 56.2 cm³/mol. The smallest absolute Gasteiger partial charge is 0.212 e. The van der Waals surface area contributed by atoms with Gasteiger partial charge < -0.3 is 0 Å². The Labute approximate surface area is 89.4 Å². The van der Waals surface area contributed by atoms with Gasteiger partial charge in [0.2, 0.25) is 10.0 Å². The van der Waals surface area contributed by atoms with Crippen LogP contribution in [0.25, 0.3) is 0 Å². The van der Waals surface area contributed by atoms with Crippen LogP contribution in [0.3, 0.4) is 0 Å². The molecule has 0 radical (unpaired) electrons. The Bertz CT molecular complexity index is 533. The maximum absolute atomic E-state index is 11.7. The molecule has 5 nitrogen and oxygen atoms in total.